The molecule has 2 fully saturated rings. The molecule has 0 radical (unpaired) electrons. The van der Waals surface area contributed by atoms with Gasteiger partial charge >= 0.3 is 0 Å². The van der Waals surface area contributed by atoms with E-state index in [4.69, 9.17) is 19.2 Å². The van der Waals surface area contributed by atoms with Crippen LogP contribution in [0.15, 0.2) is 29.3 Å². The highest BCUT2D eigenvalue weighted by Gasteiger charge is 2.18. The van der Waals surface area contributed by atoms with E-state index >= 15 is 0 Å². The van der Waals surface area contributed by atoms with Gasteiger partial charge in [0.05, 0.1) is 25.4 Å². The maximum absolute atomic E-state index is 6.22. The average Bonchev–Trinajstić information content (AvgIpc) is 3.41. The Bertz CT molecular complexity index is 596. The van der Waals surface area contributed by atoms with Crippen molar-refractivity contribution in [3.8, 4) is 5.75 Å². The van der Waals surface area contributed by atoms with Crippen molar-refractivity contribution in [1.29, 1.82) is 0 Å². The van der Waals surface area contributed by atoms with Crippen molar-refractivity contribution in [2.75, 3.05) is 32.9 Å². The molecule has 0 amide bonds. The monoisotopic (exact) mass is 389 g/mol. The molecule has 3 rings (SSSR count). The third kappa shape index (κ3) is 6.99. The summed E-state index contributed by atoms with van der Waals surface area (Å²) in [6, 6.07) is 8.26. The van der Waals surface area contributed by atoms with Gasteiger partial charge in [-0.05, 0) is 51.5 Å². The molecule has 1 aromatic rings. The van der Waals surface area contributed by atoms with Crippen LogP contribution in [-0.4, -0.2) is 51.1 Å². The minimum atomic E-state index is 0.276. The van der Waals surface area contributed by atoms with Gasteiger partial charge in [-0.3, -0.25) is 0 Å². The van der Waals surface area contributed by atoms with Crippen molar-refractivity contribution >= 4 is 5.96 Å². The predicted octanol–water partition coefficient (Wildman–Crippen LogP) is 3.26. The van der Waals surface area contributed by atoms with Gasteiger partial charge in [0.2, 0.25) is 0 Å². The molecular formula is C22H35N3O3. The fraction of sp³-hybridized carbons (Fsp3) is 0.682. The summed E-state index contributed by atoms with van der Waals surface area (Å²) in [4.78, 5) is 4.75. The first-order valence-electron chi connectivity index (χ1n) is 10.8. The second-order valence-electron chi connectivity index (χ2n) is 7.46. The van der Waals surface area contributed by atoms with Gasteiger partial charge in [0.15, 0.2) is 5.96 Å². The summed E-state index contributed by atoms with van der Waals surface area (Å²) in [5, 5.41) is 6.71. The van der Waals surface area contributed by atoms with E-state index in [1.165, 1.54) is 12.8 Å². The summed E-state index contributed by atoms with van der Waals surface area (Å²) >= 11 is 0. The number of rotatable bonds is 10. The zero-order valence-electron chi connectivity index (χ0n) is 17.1. The van der Waals surface area contributed by atoms with Gasteiger partial charge in [-0.25, -0.2) is 4.99 Å². The Morgan fingerprint density at radius 1 is 1.14 bits per heavy atom. The molecular weight excluding hydrogens is 354 g/mol. The summed E-state index contributed by atoms with van der Waals surface area (Å²) in [6.07, 6.45) is 7.48. The van der Waals surface area contributed by atoms with Crippen molar-refractivity contribution in [3.05, 3.63) is 29.8 Å². The van der Waals surface area contributed by atoms with E-state index in [2.05, 4.69) is 35.8 Å². The van der Waals surface area contributed by atoms with Crippen LogP contribution in [0.5, 0.6) is 5.75 Å². The lowest BCUT2D eigenvalue weighted by molar-refractivity contribution is 0.0420. The molecule has 0 bridgehead atoms. The molecule has 0 spiro atoms. The first kappa shape index (κ1) is 20.9. The van der Waals surface area contributed by atoms with Gasteiger partial charge in [-0.15, -0.1) is 0 Å². The van der Waals surface area contributed by atoms with Crippen molar-refractivity contribution in [2.45, 2.75) is 64.2 Å². The molecule has 156 valence electrons. The highest BCUT2D eigenvalue weighted by molar-refractivity contribution is 5.79. The largest absolute Gasteiger partial charge is 0.490 e. The lowest BCUT2D eigenvalue weighted by atomic mass is 10.2. The quantitative estimate of drug-likeness (QED) is 0.365. The van der Waals surface area contributed by atoms with E-state index in [1.54, 1.807) is 0 Å². The van der Waals surface area contributed by atoms with Crippen LogP contribution in [0.25, 0.3) is 0 Å². The third-order valence-corrected chi connectivity index (χ3v) is 5.18. The number of guanidine groups is 1. The molecule has 1 heterocycles. The Kier molecular flexibility index (Phi) is 8.91. The van der Waals surface area contributed by atoms with Crippen LogP contribution >= 0.6 is 0 Å². The topological polar surface area (TPSA) is 64.1 Å². The minimum Gasteiger partial charge on any atom is -0.490 e. The van der Waals surface area contributed by atoms with Gasteiger partial charge in [0.1, 0.15) is 5.75 Å². The maximum atomic E-state index is 6.22. The van der Waals surface area contributed by atoms with E-state index in [1.807, 2.05) is 6.07 Å². The van der Waals surface area contributed by atoms with Gasteiger partial charge in [0, 0.05) is 31.9 Å². The van der Waals surface area contributed by atoms with E-state index in [0.717, 1.165) is 75.9 Å². The fourth-order valence-corrected chi connectivity index (χ4v) is 3.61. The van der Waals surface area contributed by atoms with Crippen LogP contribution in [0, 0.1) is 0 Å². The fourth-order valence-electron chi connectivity index (χ4n) is 3.61. The number of ether oxygens (including phenoxy) is 3. The molecule has 1 aliphatic heterocycles. The molecule has 2 N–H and O–H groups in total. The van der Waals surface area contributed by atoms with Crippen molar-refractivity contribution in [1.82, 2.24) is 10.6 Å². The Labute approximate surface area is 169 Å². The average molecular weight is 390 g/mol. The number of nitrogens with one attached hydrogen (secondary N) is 2. The summed E-state index contributed by atoms with van der Waals surface area (Å²) < 4.78 is 17.4. The first-order valence-corrected chi connectivity index (χ1v) is 10.8. The second kappa shape index (κ2) is 11.9. The molecule has 28 heavy (non-hydrogen) atoms. The zero-order chi connectivity index (χ0) is 19.4. The van der Waals surface area contributed by atoms with Crippen LogP contribution in [0.1, 0.15) is 51.0 Å². The maximum Gasteiger partial charge on any atom is 0.191 e. The molecule has 0 aromatic heterocycles. The molecule has 1 unspecified atom stereocenters. The Balaban J connectivity index is 1.45. The van der Waals surface area contributed by atoms with Crippen LogP contribution in [-0.2, 0) is 16.0 Å². The number of benzene rings is 1. The Hall–Kier alpha value is -1.79. The number of nitrogens with zero attached hydrogens (tertiary/aromatic N) is 1. The van der Waals surface area contributed by atoms with Crippen LogP contribution in [0.3, 0.4) is 0 Å². The lowest BCUT2D eigenvalue weighted by Crippen LogP contribution is -2.38. The molecule has 6 nitrogen and oxygen atoms in total. The van der Waals surface area contributed by atoms with Gasteiger partial charge in [-0.2, -0.15) is 0 Å². The zero-order valence-corrected chi connectivity index (χ0v) is 17.1. The predicted molar refractivity (Wildman–Crippen MR) is 112 cm³/mol. The Morgan fingerprint density at radius 2 is 2.00 bits per heavy atom. The molecule has 6 heteroatoms. The molecule has 2 aliphatic rings. The highest BCUT2D eigenvalue weighted by Crippen LogP contribution is 2.27. The van der Waals surface area contributed by atoms with Crippen LogP contribution in [0.4, 0.5) is 0 Å². The van der Waals surface area contributed by atoms with Crippen LogP contribution in [0.2, 0.25) is 0 Å². The first-order chi connectivity index (χ1) is 13.8. The van der Waals surface area contributed by atoms with E-state index < -0.39 is 0 Å². The van der Waals surface area contributed by atoms with Gasteiger partial charge < -0.3 is 24.8 Å². The summed E-state index contributed by atoms with van der Waals surface area (Å²) in [7, 11) is 0. The van der Waals surface area contributed by atoms with Gasteiger partial charge in [0.25, 0.3) is 0 Å². The Morgan fingerprint density at radius 3 is 2.79 bits per heavy atom. The van der Waals surface area contributed by atoms with Crippen molar-refractivity contribution in [2.24, 2.45) is 4.99 Å². The van der Waals surface area contributed by atoms with Crippen LogP contribution < -0.4 is 15.4 Å². The summed E-state index contributed by atoms with van der Waals surface area (Å²) in [5.74, 6) is 1.81. The van der Waals surface area contributed by atoms with Crippen molar-refractivity contribution in [3.63, 3.8) is 0 Å². The molecule has 1 saturated carbocycles. The number of para-hydroxylation sites is 1. The number of hydrogen-bond donors (Lipinski definition) is 2. The molecule has 1 saturated heterocycles. The van der Waals surface area contributed by atoms with E-state index in [0.29, 0.717) is 12.6 Å². The summed E-state index contributed by atoms with van der Waals surface area (Å²) in [5.41, 5.74) is 1.14. The summed E-state index contributed by atoms with van der Waals surface area (Å²) in [6.45, 7) is 6.66. The second-order valence-corrected chi connectivity index (χ2v) is 7.46. The molecule has 1 aliphatic carbocycles. The minimum absolute atomic E-state index is 0.276. The highest BCUT2D eigenvalue weighted by atomic mass is 16.5. The number of aliphatic imine (C=N–C) groups is 1. The normalized spacial score (nSPS) is 20.5. The van der Waals surface area contributed by atoms with E-state index in [-0.39, 0.29) is 6.10 Å². The smallest absolute Gasteiger partial charge is 0.191 e. The third-order valence-electron chi connectivity index (χ3n) is 5.18. The SMILES string of the molecule is CCNC(=NCc1ccccc1OC1CCCC1)NCCCOC1CCOC1. The van der Waals surface area contributed by atoms with Crippen molar-refractivity contribution < 1.29 is 14.2 Å². The van der Waals surface area contributed by atoms with E-state index in [9.17, 15) is 0 Å². The lowest BCUT2D eigenvalue weighted by Gasteiger charge is -2.16. The molecule has 1 aromatic carbocycles. The van der Waals surface area contributed by atoms with Gasteiger partial charge in [-0.1, -0.05) is 18.2 Å². The number of hydrogen-bond acceptors (Lipinski definition) is 4. The molecule has 1 atom stereocenters. The standard InChI is InChI=1S/C22H35N3O3/c1-2-23-22(24-13-7-14-27-20-12-15-26-17-20)25-16-18-8-3-6-11-21(18)28-19-9-4-5-10-19/h3,6,8,11,19-20H,2,4-5,7,9-10,12-17H2,1H3,(H2,23,24,25).